The fourth-order valence-electron chi connectivity index (χ4n) is 3.29. The lowest BCUT2D eigenvalue weighted by molar-refractivity contribution is -0.128. The molecule has 0 saturated heterocycles. The van der Waals surface area contributed by atoms with Gasteiger partial charge >= 0.3 is 0 Å². The van der Waals surface area contributed by atoms with Gasteiger partial charge in [-0.3, -0.25) is 14.5 Å². The topological polar surface area (TPSA) is 114 Å². The number of carbonyl (C=O) groups is 2. The first kappa shape index (κ1) is 19.4. The lowest BCUT2D eigenvalue weighted by Crippen LogP contribution is -2.47. The number of amides is 2. The molecule has 0 fully saturated rings. The largest absolute Gasteiger partial charge is 0.444 e. The van der Waals surface area contributed by atoms with Crippen LogP contribution in [-0.2, 0) is 10.3 Å². The molecule has 0 radical (unpaired) electrons. The second-order valence-corrected chi connectivity index (χ2v) is 7.31. The Morgan fingerprint density at radius 1 is 1.20 bits per heavy atom. The molecule has 0 spiro atoms. The van der Waals surface area contributed by atoms with Gasteiger partial charge in [0.25, 0.3) is 5.91 Å². The first-order valence-electron chi connectivity index (χ1n) is 9.40. The van der Waals surface area contributed by atoms with E-state index in [1.165, 1.54) is 11.2 Å². The molecule has 2 aromatic carbocycles. The van der Waals surface area contributed by atoms with Crippen molar-refractivity contribution in [3.8, 4) is 11.5 Å². The van der Waals surface area contributed by atoms with Crippen molar-refractivity contribution in [1.82, 2.24) is 9.88 Å². The van der Waals surface area contributed by atoms with E-state index in [0.29, 0.717) is 11.6 Å². The van der Waals surface area contributed by atoms with Gasteiger partial charge < -0.3 is 15.5 Å². The van der Waals surface area contributed by atoms with Crippen molar-refractivity contribution in [2.24, 2.45) is 10.7 Å². The third-order valence-electron chi connectivity index (χ3n) is 5.07. The van der Waals surface area contributed by atoms with Crippen molar-refractivity contribution >= 4 is 23.5 Å². The molecule has 0 unspecified atom stereocenters. The van der Waals surface area contributed by atoms with Gasteiger partial charge in [-0.2, -0.15) is 0 Å². The fourth-order valence-corrected chi connectivity index (χ4v) is 3.29. The number of carbonyl (C=O) groups excluding carboxylic acids is 2. The molecular formula is C22H21N5O3. The van der Waals surface area contributed by atoms with Crippen LogP contribution in [0.3, 0.4) is 0 Å². The normalized spacial score (nSPS) is 18.8. The average Bonchev–Trinajstić information content (AvgIpc) is 3.23. The van der Waals surface area contributed by atoms with Crippen molar-refractivity contribution < 1.29 is 14.0 Å². The molecule has 1 aliphatic rings. The number of nitrogens with one attached hydrogen (secondary N) is 1. The number of anilines is 1. The number of nitrogens with two attached hydrogens (primary N) is 1. The predicted molar refractivity (Wildman–Crippen MR) is 113 cm³/mol. The summed E-state index contributed by atoms with van der Waals surface area (Å²) in [5, 5.41) is 2.81. The molecule has 8 heteroatoms. The fraction of sp³-hybridized carbons (Fsp3) is 0.182. The maximum atomic E-state index is 12.6. The molecule has 1 aliphatic heterocycles. The van der Waals surface area contributed by atoms with E-state index in [1.807, 2.05) is 43.3 Å². The molecule has 2 heterocycles. The van der Waals surface area contributed by atoms with E-state index in [0.717, 1.165) is 11.1 Å². The summed E-state index contributed by atoms with van der Waals surface area (Å²) in [6, 6.07) is 16.5. The average molecular weight is 403 g/mol. The van der Waals surface area contributed by atoms with Gasteiger partial charge in [-0.1, -0.05) is 30.3 Å². The first-order chi connectivity index (χ1) is 14.4. The number of hydrogen-bond acceptors (Lipinski definition) is 6. The van der Waals surface area contributed by atoms with Crippen LogP contribution in [0.15, 0.2) is 70.3 Å². The molecule has 8 nitrogen and oxygen atoms in total. The molecule has 2 amide bonds. The molecule has 1 atom stereocenters. The van der Waals surface area contributed by atoms with E-state index in [2.05, 4.69) is 15.3 Å². The first-order valence-corrected chi connectivity index (χ1v) is 9.40. The van der Waals surface area contributed by atoms with Gasteiger partial charge in [-0.15, -0.1) is 0 Å². The Kier molecular flexibility index (Phi) is 4.83. The van der Waals surface area contributed by atoms with Crippen LogP contribution in [0.5, 0.6) is 0 Å². The molecule has 0 saturated carbocycles. The number of aliphatic imine (C=N–C) groups is 1. The summed E-state index contributed by atoms with van der Waals surface area (Å²) in [4.78, 5) is 35.0. The van der Waals surface area contributed by atoms with E-state index >= 15 is 0 Å². The van der Waals surface area contributed by atoms with Crippen LogP contribution in [0, 0.1) is 0 Å². The summed E-state index contributed by atoms with van der Waals surface area (Å²) in [6.45, 7) is 1.84. The van der Waals surface area contributed by atoms with Gasteiger partial charge in [-0.05, 0) is 36.8 Å². The van der Waals surface area contributed by atoms with Gasteiger partial charge in [0.1, 0.15) is 6.26 Å². The SMILES string of the molecule is CN1C(=O)C[C@@](C)(c2cccc(NC(=O)c3coc(-c4ccccc4)n3)c2)N=C1N. The Hall–Kier alpha value is -3.94. The quantitative estimate of drug-likeness (QED) is 0.695. The number of aromatic nitrogens is 1. The summed E-state index contributed by atoms with van der Waals surface area (Å²) < 4.78 is 5.43. The van der Waals surface area contributed by atoms with Gasteiger partial charge in [0, 0.05) is 18.3 Å². The van der Waals surface area contributed by atoms with Crippen molar-refractivity contribution in [2.75, 3.05) is 12.4 Å². The Balaban J connectivity index is 1.55. The van der Waals surface area contributed by atoms with Crippen LogP contribution in [0.1, 0.15) is 29.4 Å². The Morgan fingerprint density at radius 3 is 2.70 bits per heavy atom. The zero-order valence-electron chi connectivity index (χ0n) is 16.6. The number of benzene rings is 2. The van der Waals surface area contributed by atoms with Crippen LogP contribution >= 0.6 is 0 Å². The minimum absolute atomic E-state index is 0.115. The zero-order valence-corrected chi connectivity index (χ0v) is 16.6. The van der Waals surface area contributed by atoms with Gasteiger partial charge in [0.2, 0.25) is 11.8 Å². The van der Waals surface area contributed by atoms with Crippen molar-refractivity contribution in [3.05, 3.63) is 72.1 Å². The van der Waals surface area contributed by atoms with Crippen molar-refractivity contribution in [1.29, 1.82) is 0 Å². The second-order valence-electron chi connectivity index (χ2n) is 7.31. The minimum atomic E-state index is -0.803. The highest BCUT2D eigenvalue weighted by Crippen LogP contribution is 2.34. The highest BCUT2D eigenvalue weighted by Gasteiger charge is 2.36. The van der Waals surface area contributed by atoms with Crippen molar-refractivity contribution in [3.63, 3.8) is 0 Å². The summed E-state index contributed by atoms with van der Waals surface area (Å²) in [6.07, 6.45) is 1.51. The molecular weight excluding hydrogens is 382 g/mol. The van der Waals surface area contributed by atoms with E-state index in [-0.39, 0.29) is 24.0 Å². The van der Waals surface area contributed by atoms with Crippen LogP contribution in [0.25, 0.3) is 11.5 Å². The summed E-state index contributed by atoms with van der Waals surface area (Å²) >= 11 is 0. The summed E-state index contributed by atoms with van der Waals surface area (Å²) in [5.74, 6) is 0.0251. The van der Waals surface area contributed by atoms with E-state index in [4.69, 9.17) is 10.2 Å². The number of hydrogen-bond donors (Lipinski definition) is 2. The van der Waals surface area contributed by atoms with E-state index in [9.17, 15) is 9.59 Å². The van der Waals surface area contributed by atoms with Crippen LogP contribution in [-0.4, -0.2) is 34.7 Å². The Morgan fingerprint density at radius 2 is 1.97 bits per heavy atom. The van der Waals surface area contributed by atoms with Crippen molar-refractivity contribution in [2.45, 2.75) is 18.9 Å². The number of rotatable bonds is 4. The second kappa shape index (κ2) is 7.47. The van der Waals surface area contributed by atoms with Crippen LogP contribution < -0.4 is 11.1 Å². The summed E-state index contributed by atoms with van der Waals surface area (Å²) in [5.41, 5.74) is 7.38. The smallest absolute Gasteiger partial charge is 0.277 e. The zero-order chi connectivity index (χ0) is 21.3. The molecule has 0 aliphatic carbocycles. The van der Waals surface area contributed by atoms with Gasteiger partial charge in [-0.25, -0.2) is 9.98 Å². The third-order valence-corrected chi connectivity index (χ3v) is 5.07. The molecule has 152 valence electrons. The maximum Gasteiger partial charge on any atom is 0.277 e. The molecule has 3 aromatic rings. The lowest BCUT2D eigenvalue weighted by atomic mass is 9.87. The highest BCUT2D eigenvalue weighted by atomic mass is 16.3. The number of guanidine groups is 1. The lowest BCUT2D eigenvalue weighted by Gasteiger charge is -2.33. The van der Waals surface area contributed by atoms with E-state index < -0.39 is 11.4 Å². The maximum absolute atomic E-state index is 12.6. The molecule has 4 rings (SSSR count). The molecule has 3 N–H and O–H groups in total. The predicted octanol–water partition coefficient (Wildman–Crippen LogP) is 2.99. The van der Waals surface area contributed by atoms with E-state index in [1.54, 1.807) is 25.2 Å². The molecule has 0 bridgehead atoms. The Bertz CT molecular complexity index is 1140. The number of nitrogens with zero attached hydrogens (tertiary/aromatic N) is 3. The Labute approximate surface area is 173 Å². The summed E-state index contributed by atoms with van der Waals surface area (Å²) in [7, 11) is 1.60. The molecule has 1 aromatic heterocycles. The highest BCUT2D eigenvalue weighted by molar-refractivity contribution is 6.03. The van der Waals surface area contributed by atoms with Gasteiger partial charge in [0.15, 0.2) is 11.7 Å². The standard InChI is InChI=1S/C22H21N5O3/c1-22(12-18(28)27(2)21(23)26-22)15-9-6-10-16(11-15)24-19(29)17-13-30-20(25-17)14-7-4-3-5-8-14/h3-11,13H,12H2,1-2H3,(H2,23,26)(H,24,29)/t22-/m0/s1. The van der Waals surface area contributed by atoms with Crippen LogP contribution in [0.2, 0.25) is 0 Å². The third kappa shape index (κ3) is 3.67. The monoisotopic (exact) mass is 403 g/mol. The number of oxazole rings is 1. The van der Waals surface area contributed by atoms with Crippen LogP contribution in [0.4, 0.5) is 5.69 Å². The minimum Gasteiger partial charge on any atom is -0.444 e. The van der Waals surface area contributed by atoms with Gasteiger partial charge in [0.05, 0.1) is 12.0 Å². The molecule has 30 heavy (non-hydrogen) atoms.